The average Bonchev–Trinajstić information content (AvgIpc) is 3.08. The van der Waals surface area contributed by atoms with E-state index >= 15 is 0 Å². The molecule has 1 fully saturated rings. The summed E-state index contributed by atoms with van der Waals surface area (Å²) in [7, 11) is 0. The first-order valence-electron chi connectivity index (χ1n) is 8.88. The molecule has 0 radical (unpaired) electrons. The third-order valence-corrected chi connectivity index (χ3v) is 4.96. The second kappa shape index (κ2) is 8.55. The number of carbonyl (C=O) groups excluding carboxylic acids is 1. The largest absolute Gasteiger partial charge is 0.372 e. The molecule has 0 saturated carbocycles. The van der Waals surface area contributed by atoms with Gasteiger partial charge in [0.25, 0.3) is 0 Å². The van der Waals surface area contributed by atoms with E-state index in [0.717, 1.165) is 36.7 Å². The van der Waals surface area contributed by atoms with E-state index in [2.05, 4.69) is 39.2 Å². The molecule has 0 aliphatic carbocycles. The predicted molar refractivity (Wildman–Crippen MR) is 104 cm³/mol. The molecule has 26 heavy (non-hydrogen) atoms. The average molecular weight is 375 g/mol. The van der Waals surface area contributed by atoms with Gasteiger partial charge in [-0.25, -0.2) is 4.98 Å². The van der Waals surface area contributed by atoms with E-state index in [4.69, 9.17) is 4.74 Å². The second-order valence-corrected chi connectivity index (χ2v) is 7.41. The molecule has 3 rings (SSSR count). The Labute approximate surface area is 157 Å². The quantitative estimate of drug-likeness (QED) is 0.756. The van der Waals surface area contributed by atoms with Crippen molar-refractivity contribution >= 4 is 29.0 Å². The summed E-state index contributed by atoms with van der Waals surface area (Å²) in [6.45, 7) is 7.94. The molecule has 0 spiro atoms. The van der Waals surface area contributed by atoms with Crippen molar-refractivity contribution in [3.63, 3.8) is 0 Å². The highest BCUT2D eigenvalue weighted by Gasteiger charge is 2.22. The standard InChI is InChI=1S/C18H25N5O2S/c1-4-16-20-18(22-21-16)26-11-17(24)19-14-5-7-15(8-6-14)23-9-12(2)25-13(3)10-23/h5-8,12-13H,4,9-11H2,1-3H3,(H,19,24)(H,20,21,22). The molecule has 1 aromatic heterocycles. The minimum absolute atomic E-state index is 0.0702. The van der Waals surface area contributed by atoms with E-state index in [1.54, 1.807) is 0 Å². The van der Waals surface area contributed by atoms with Gasteiger partial charge >= 0.3 is 0 Å². The molecular weight excluding hydrogens is 350 g/mol. The molecule has 1 aromatic carbocycles. The Kier molecular flexibility index (Phi) is 6.16. The molecular formula is C18H25N5O2S. The summed E-state index contributed by atoms with van der Waals surface area (Å²) >= 11 is 1.32. The van der Waals surface area contributed by atoms with Crippen LogP contribution < -0.4 is 10.2 Å². The van der Waals surface area contributed by atoms with E-state index in [1.165, 1.54) is 11.8 Å². The lowest BCUT2D eigenvalue weighted by atomic mass is 10.2. The summed E-state index contributed by atoms with van der Waals surface area (Å²) in [6.07, 6.45) is 1.24. The fraction of sp³-hybridized carbons (Fsp3) is 0.500. The van der Waals surface area contributed by atoms with E-state index in [0.29, 0.717) is 5.16 Å². The van der Waals surface area contributed by atoms with Crippen LogP contribution in [0, 0.1) is 0 Å². The first-order chi connectivity index (χ1) is 12.5. The maximum atomic E-state index is 12.1. The first-order valence-corrected chi connectivity index (χ1v) is 9.86. The van der Waals surface area contributed by atoms with Gasteiger partial charge in [-0.3, -0.25) is 9.89 Å². The normalized spacial score (nSPS) is 20.2. The molecule has 1 aliphatic rings. The Morgan fingerprint density at radius 2 is 2.00 bits per heavy atom. The molecule has 1 amide bonds. The number of rotatable bonds is 6. The van der Waals surface area contributed by atoms with Crippen LogP contribution in [-0.4, -0.2) is 52.1 Å². The predicted octanol–water partition coefficient (Wildman–Crippen LogP) is 2.71. The fourth-order valence-electron chi connectivity index (χ4n) is 2.97. The van der Waals surface area contributed by atoms with E-state index in [9.17, 15) is 4.79 Å². The van der Waals surface area contributed by atoms with Crippen LogP contribution in [0.2, 0.25) is 0 Å². The molecule has 2 atom stereocenters. The monoisotopic (exact) mass is 375 g/mol. The number of H-pyrrole nitrogens is 1. The number of benzene rings is 1. The Hall–Kier alpha value is -2.06. The van der Waals surface area contributed by atoms with Crippen LogP contribution in [0.1, 0.15) is 26.6 Å². The van der Waals surface area contributed by atoms with Crippen LogP contribution in [0.15, 0.2) is 29.4 Å². The lowest BCUT2D eigenvalue weighted by Crippen LogP contribution is -2.45. The number of morpholine rings is 1. The zero-order chi connectivity index (χ0) is 18.5. The number of thioether (sulfide) groups is 1. The van der Waals surface area contributed by atoms with Crippen molar-refractivity contribution in [2.24, 2.45) is 0 Å². The number of hydrogen-bond acceptors (Lipinski definition) is 6. The summed E-state index contributed by atoms with van der Waals surface area (Å²) in [5.74, 6) is 1.04. The number of ether oxygens (including phenoxy) is 1. The van der Waals surface area contributed by atoms with Crippen LogP contribution in [0.25, 0.3) is 0 Å². The number of anilines is 2. The van der Waals surface area contributed by atoms with Crippen molar-refractivity contribution < 1.29 is 9.53 Å². The molecule has 8 heteroatoms. The number of aryl methyl sites for hydroxylation is 1. The molecule has 1 aliphatic heterocycles. The highest BCUT2D eigenvalue weighted by atomic mass is 32.2. The van der Waals surface area contributed by atoms with Crippen LogP contribution in [0.5, 0.6) is 0 Å². The van der Waals surface area contributed by atoms with Gasteiger partial charge in [-0.15, -0.1) is 5.10 Å². The van der Waals surface area contributed by atoms with Crippen LogP contribution in [0.3, 0.4) is 0 Å². The topological polar surface area (TPSA) is 83.1 Å². The van der Waals surface area contributed by atoms with E-state index in [-0.39, 0.29) is 23.9 Å². The van der Waals surface area contributed by atoms with Crippen LogP contribution >= 0.6 is 11.8 Å². The van der Waals surface area contributed by atoms with Crippen LogP contribution in [-0.2, 0) is 16.0 Å². The summed E-state index contributed by atoms with van der Waals surface area (Å²) in [5.41, 5.74) is 1.94. The highest BCUT2D eigenvalue weighted by molar-refractivity contribution is 7.99. The van der Waals surface area contributed by atoms with Gasteiger partial charge in [0.2, 0.25) is 11.1 Å². The summed E-state index contributed by atoms with van der Waals surface area (Å²) in [4.78, 5) is 18.7. The highest BCUT2D eigenvalue weighted by Crippen LogP contribution is 2.22. The van der Waals surface area contributed by atoms with Crippen LogP contribution in [0.4, 0.5) is 11.4 Å². The summed E-state index contributed by atoms with van der Waals surface area (Å²) in [5, 5.41) is 10.4. The van der Waals surface area contributed by atoms with Gasteiger partial charge < -0.3 is 15.0 Å². The SMILES string of the molecule is CCc1nc(SCC(=O)Nc2ccc(N3CC(C)OC(C)C3)cc2)n[nH]1. The van der Waals surface area contributed by atoms with E-state index < -0.39 is 0 Å². The van der Waals surface area contributed by atoms with Crippen molar-refractivity contribution in [2.75, 3.05) is 29.1 Å². The minimum atomic E-state index is -0.0702. The van der Waals surface area contributed by atoms with E-state index in [1.807, 2.05) is 31.2 Å². The maximum Gasteiger partial charge on any atom is 0.234 e. The van der Waals surface area contributed by atoms with Crippen molar-refractivity contribution in [1.29, 1.82) is 0 Å². The molecule has 2 N–H and O–H groups in total. The Morgan fingerprint density at radius 1 is 1.31 bits per heavy atom. The van der Waals surface area contributed by atoms with Gasteiger partial charge in [0.05, 0.1) is 18.0 Å². The Morgan fingerprint density at radius 3 is 2.62 bits per heavy atom. The van der Waals surface area contributed by atoms with Gasteiger partial charge in [-0.2, -0.15) is 0 Å². The zero-order valence-corrected chi connectivity index (χ0v) is 16.2. The summed E-state index contributed by atoms with van der Waals surface area (Å²) in [6, 6.07) is 7.95. The van der Waals surface area contributed by atoms with Gasteiger partial charge in [-0.05, 0) is 38.1 Å². The second-order valence-electron chi connectivity index (χ2n) is 6.46. The molecule has 7 nitrogen and oxygen atoms in total. The number of aromatic amines is 1. The smallest absolute Gasteiger partial charge is 0.234 e. The van der Waals surface area contributed by atoms with Gasteiger partial charge in [0.1, 0.15) is 5.82 Å². The number of amides is 1. The molecule has 2 heterocycles. The number of carbonyl (C=O) groups is 1. The number of nitrogens with zero attached hydrogens (tertiary/aromatic N) is 3. The zero-order valence-electron chi connectivity index (χ0n) is 15.4. The van der Waals surface area contributed by atoms with Gasteiger partial charge in [0.15, 0.2) is 0 Å². The number of nitrogens with one attached hydrogen (secondary N) is 2. The molecule has 2 unspecified atom stereocenters. The summed E-state index contributed by atoms with van der Waals surface area (Å²) < 4.78 is 5.77. The Bertz CT molecular complexity index is 723. The maximum absolute atomic E-state index is 12.1. The lowest BCUT2D eigenvalue weighted by Gasteiger charge is -2.36. The van der Waals surface area contributed by atoms with Gasteiger partial charge in [0, 0.05) is 30.9 Å². The third kappa shape index (κ3) is 4.98. The van der Waals surface area contributed by atoms with Crippen molar-refractivity contribution in [3.8, 4) is 0 Å². The van der Waals surface area contributed by atoms with Crippen molar-refractivity contribution in [1.82, 2.24) is 15.2 Å². The molecule has 0 bridgehead atoms. The first kappa shape index (κ1) is 18.7. The van der Waals surface area contributed by atoms with Crippen molar-refractivity contribution in [2.45, 2.75) is 44.6 Å². The number of hydrogen-bond donors (Lipinski definition) is 2. The Balaban J connectivity index is 1.51. The molecule has 1 saturated heterocycles. The van der Waals surface area contributed by atoms with Crippen molar-refractivity contribution in [3.05, 3.63) is 30.1 Å². The number of aromatic nitrogens is 3. The third-order valence-electron chi connectivity index (χ3n) is 4.11. The molecule has 2 aromatic rings. The molecule has 140 valence electrons. The lowest BCUT2D eigenvalue weighted by molar-refractivity contribution is -0.113. The van der Waals surface area contributed by atoms with Gasteiger partial charge in [-0.1, -0.05) is 18.7 Å². The fourth-order valence-corrected chi connectivity index (χ4v) is 3.59. The minimum Gasteiger partial charge on any atom is -0.372 e.